The maximum atomic E-state index is 13.5. The fourth-order valence-corrected chi connectivity index (χ4v) is 2.01. The Morgan fingerprint density at radius 1 is 1.24 bits per heavy atom. The average molecular weight is 377 g/mol. The zero-order chi connectivity index (χ0) is 15.4. The summed E-state index contributed by atoms with van der Waals surface area (Å²) >= 11 is 8.62. The van der Waals surface area contributed by atoms with Gasteiger partial charge in [-0.25, -0.2) is 8.78 Å². The minimum absolute atomic E-state index is 0.0202. The second kappa shape index (κ2) is 6.87. The van der Waals surface area contributed by atoms with Crippen LogP contribution in [-0.4, -0.2) is 12.5 Å². The normalized spacial score (nSPS) is 10.3. The van der Waals surface area contributed by atoms with Crippen LogP contribution in [0.4, 0.5) is 14.5 Å². The number of carbonyl (C=O) groups is 1. The molecule has 0 aliphatic carbocycles. The molecule has 0 saturated carbocycles. The predicted molar refractivity (Wildman–Crippen MR) is 79.6 cm³/mol. The fourth-order valence-electron chi connectivity index (χ4n) is 1.51. The van der Waals surface area contributed by atoms with Crippen molar-refractivity contribution in [1.82, 2.24) is 0 Å². The van der Waals surface area contributed by atoms with E-state index in [1.54, 1.807) is 18.2 Å². The van der Waals surface area contributed by atoms with E-state index < -0.39 is 17.5 Å². The first-order chi connectivity index (χ1) is 9.95. The van der Waals surface area contributed by atoms with Gasteiger partial charge in [0.25, 0.3) is 5.91 Å². The molecule has 2 aromatic rings. The Morgan fingerprint density at radius 2 is 2.00 bits per heavy atom. The van der Waals surface area contributed by atoms with Crippen molar-refractivity contribution in [3.8, 4) is 5.75 Å². The molecule has 21 heavy (non-hydrogen) atoms. The topological polar surface area (TPSA) is 38.3 Å². The Hall–Kier alpha value is -1.66. The lowest BCUT2D eigenvalue weighted by Crippen LogP contribution is -2.21. The second-order valence-corrected chi connectivity index (χ2v) is 5.33. The predicted octanol–water partition coefficient (Wildman–Crippen LogP) is 4.40. The van der Waals surface area contributed by atoms with E-state index in [1.807, 2.05) is 0 Å². The van der Waals surface area contributed by atoms with Crippen LogP contribution in [0.1, 0.15) is 0 Å². The molecule has 1 N–H and O–H groups in total. The van der Waals surface area contributed by atoms with E-state index in [9.17, 15) is 13.6 Å². The molecule has 0 fully saturated rings. The molecule has 0 atom stereocenters. The molecule has 110 valence electrons. The molecule has 3 nitrogen and oxygen atoms in total. The van der Waals surface area contributed by atoms with Gasteiger partial charge in [-0.05, 0) is 40.2 Å². The number of nitrogens with one attached hydrogen (secondary N) is 1. The van der Waals surface area contributed by atoms with Crippen LogP contribution >= 0.6 is 27.5 Å². The lowest BCUT2D eigenvalue weighted by atomic mass is 10.3. The quantitative estimate of drug-likeness (QED) is 0.803. The van der Waals surface area contributed by atoms with Gasteiger partial charge in [0.1, 0.15) is 17.4 Å². The number of ether oxygens (including phenoxy) is 1. The van der Waals surface area contributed by atoms with Crippen LogP contribution in [0, 0.1) is 11.6 Å². The van der Waals surface area contributed by atoms with Crippen LogP contribution in [0.2, 0.25) is 5.02 Å². The minimum atomic E-state index is -0.751. The van der Waals surface area contributed by atoms with Gasteiger partial charge in [-0.1, -0.05) is 17.7 Å². The van der Waals surface area contributed by atoms with Gasteiger partial charge >= 0.3 is 0 Å². The molecule has 0 aromatic heterocycles. The minimum Gasteiger partial charge on any atom is -0.484 e. The van der Waals surface area contributed by atoms with Crippen LogP contribution in [0.5, 0.6) is 5.75 Å². The highest BCUT2D eigenvalue weighted by molar-refractivity contribution is 9.10. The molecule has 1 amide bonds. The van der Waals surface area contributed by atoms with Gasteiger partial charge in [0.2, 0.25) is 0 Å². The zero-order valence-corrected chi connectivity index (χ0v) is 12.8. The summed E-state index contributed by atoms with van der Waals surface area (Å²) in [5, 5.41) is 2.70. The molecular weight excluding hydrogens is 368 g/mol. The average Bonchev–Trinajstić information content (AvgIpc) is 2.43. The number of halogens is 4. The van der Waals surface area contributed by atoms with Crippen LogP contribution in [0.3, 0.4) is 0 Å². The highest BCUT2D eigenvalue weighted by atomic mass is 79.9. The summed E-state index contributed by atoms with van der Waals surface area (Å²) in [5.74, 6) is -1.64. The Morgan fingerprint density at radius 3 is 2.71 bits per heavy atom. The highest BCUT2D eigenvalue weighted by Crippen LogP contribution is 2.23. The van der Waals surface area contributed by atoms with E-state index in [4.69, 9.17) is 16.3 Å². The summed E-state index contributed by atoms with van der Waals surface area (Å²) < 4.78 is 32.0. The summed E-state index contributed by atoms with van der Waals surface area (Å²) in [4.78, 5) is 11.6. The van der Waals surface area contributed by atoms with Gasteiger partial charge < -0.3 is 10.1 Å². The number of amides is 1. The van der Waals surface area contributed by atoms with Gasteiger partial charge in [0.05, 0.1) is 10.2 Å². The summed E-state index contributed by atoms with van der Waals surface area (Å²) in [6, 6.07) is 8.31. The van der Waals surface area contributed by atoms with Gasteiger partial charge in [-0.15, -0.1) is 0 Å². The maximum absolute atomic E-state index is 13.5. The van der Waals surface area contributed by atoms with E-state index in [1.165, 1.54) is 6.07 Å². The van der Waals surface area contributed by atoms with E-state index >= 15 is 0 Å². The number of anilines is 1. The van der Waals surface area contributed by atoms with Crippen molar-refractivity contribution in [2.45, 2.75) is 0 Å². The monoisotopic (exact) mass is 375 g/mol. The third kappa shape index (κ3) is 4.41. The first-order valence-corrected chi connectivity index (χ1v) is 6.95. The van der Waals surface area contributed by atoms with Crippen LogP contribution in [0.25, 0.3) is 0 Å². The van der Waals surface area contributed by atoms with Gasteiger partial charge in [0.15, 0.2) is 6.61 Å². The van der Waals surface area contributed by atoms with Crippen molar-refractivity contribution >= 4 is 39.1 Å². The lowest BCUT2D eigenvalue weighted by Gasteiger charge is -2.09. The molecule has 0 aliphatic heterocycles. The van der Waals surface area contributed by atoms with Crippen molar-refractivity contribution in [2.24, 2.45) is 0 Å². The third-order valence-corrected chi connectivity index (χ3v) is 3.29. The first kappa shape index (κ1) is 15.7. The number of benzene rings is 2. The van der Waals surface area contributed by atoms with E-state index in [2.05, 4.69) is 21.2 Å². The third-order valence-electron chi connectivity index (χ3n) is 2.45. The molecule has 0 heterocycles. The Kier molecular flexibility index (Phi) is 5.14. The van der Waals surface area contributed by atoms with Crippen molar-refractivity contribution < 1.29 is 18.3 Å². The SMILES string of the molecule is O=C(COc1cccc(Cl)c1)Nc1cc(F)c(Br)cc1F. The standard InChI is InChI=1S/C14H9BrClF2NO2/c15-10-5-12(18)13(6-11(10)17)19-14(20)7-21-9-3-1-2-8(16)4-9/h1-6H,7H2,(H,19,20). The molecule has 0 radical (unpaired) electrons. The van der Waals surface area contributed by atoms with Crippen molar-refractivity contribution in [3.63, 3.8) is 0 Å². The van der Waals surface area contributed by atoms with Crippen LogP contribution in [0.15, 0.2) is 40.9 Å². The largest absolute Gasteiger partial charge is 0.484 e. The number of rotatable bonds is 4. The number of hydrogen-bond donors (Lipinski definition) is 1. The van der Waals surface area contributed by atoms with Gasteiger partial charge in [-0.3, -0.25) is 4.79 Å². The summed E-state index contributed by atoms with van der Waals surface area (Å²) in [7, 11) is 0. The molecule has 0 bridgehead atoms. The first-order valence-electron chi connectivity index (χ1n) is 5.78. The summed E-state index contributed by atoms with van der Waals surface area (Å²) in [5.41, 5.74) is -0.254. The zero-order valence-electron chi connectivity index (χ0n) is 10.5. The smallest absolute Gasteiger partial charge is 0.262 e. The number of hydrogen-bond acceptors (Lipinski definition) is 2. The summed E-state index contributed by atoms with van der Waals surface area (Å²) in [6.07, 6.45) is 0. The van der Waals surface area contributed by atoms with Crippen molar-refractivity contribution in [3.05, 3.63) is 57.5 Å². The molecule has 0 aliphatic rings. The van der Waals surface area contributed by atoms with E-state index in [0.29, 0.717) is 10.8 Å². The Labute approximate surface area is 133 Å². The van der Waals surface area contributed by atoms with E-state index in [-0.39, 0.29) is 16.8 Å². The molecule has 0 saturated heterocycles. The van der Waals surface area contributed by atoms with Crippen molar-refractivity contribution in [1.29, 1.82) is 0 Å². The molecule has 0 spiro atoms. The van der Waals surface area contributed by atoms with Crippen LogP contribution < -0.4 is 10.1 Å². The fraction of sp³-hybridized carbons (Fsp3) is 0.0714. The Bertz CT molecular complexity index is 682. The molecule has 2 aromatic carbocycles. The highest BCUT2D eigenvalue weighted by Gasteiger charge is 2.11. The molecule has 7 heteroatoms. The molecule has 0 unspecified atom stereocenters. The second-order valence-electron chi connectivity index (χ2n) is 4.04. The van der Waals surface area contributed by atoms with E-state index in [0.717, 1.165) is 12.1 Å². The molecular formula is C14H9BrClF2NO2. The van der Waals surface area contributed by atoms with Gasteiger partial charge in [-0.2, -0.15) is 0 Å². The molecule has 2 rings (SSSR count). The Balaban J connectivity index is 1.97. The van der Waals surface area contributed by atoms with Crippen LogP contribution in [-0.2, 0) is 4.79 Å². The lowest BCUT2D eigenvalue weighted by molar-refractivity contribution is -0.118. The van der Waals surface area contributed by atoms with Crippen molar-refractivity contribution in [2.75, 3.05) is 11.9 Å². The summed E-state index contributed by atoms with van der Waals surface area (Å²) in [6.45, 7) is -0.350. The maximum Gasteiger partial charge on any atom is 0.262 e. The van der Waals surface area contributed by atoms with Gasteiger partial charge in [0, 0.05) is 11.1 Å². The number of carbonyl (C=O) groups excluding carboxylic acids is 1.